The summed E-state index contributed by atoms with van der Waals surface area (Å²) < 4.78 is 18.5. The van der Waals surface area contributed by atoms with Crippen LogP contribution in [-0.2, 0) is 11.3 Å². The van der Waals surface area contributed by atoms with Gasteiger partial charge in [-0.2, -0.15) is 0 Å². The standard InChI is InChI=1S/C19H21FN4O3/c1-27-17-8-13(2-4-16(17)20)11-24-7-6-15(12-24)23-18-10-21-14(9-22-18)3-5-19(25)26/h2-5,8-10,15H,6-7,11-12H2,1H3,(H,22,23)(H,25,26)/t15-/m1/s1. The average Bonchev–Trinajstić information content (AvgIpc) is 3.09. The molecule has 2 aromatic rings. The van der Waals surface area contributed by atoms with E-state index in [2.05, 4.69) is 20.2 Å². The highest BCUT2D eigenvalue weighted by Gasteiger charge is 2.23. The first-order chi connectivity index (χ1) is 13.0. The van der Waals surface area contributed by atoms with Gasteiger partial charge in [-0.3, -0.25) is 9.88 Å². The second-order valence-electron chi connectivity index (χ2n) is 6.33. The Bertz CT molecular complexity index is 826. The molecule has 142 valence electrons. The van der Waals surface area contributed by atoms with Crippen LogP contribution in [0.15, 0.2) is 36.7 Å². The van der Waals surface area contributed by atoms with Gasteiger partial charge in [0.25, 0.3) is 0 Å². The maximum atomic E-state index is 13.5. The second kappa shape index (κ2) is 8.59. The lowest BCUT2D eigenvalue weighted by Crippen LogP contribution is -2.26. The minimum atomic E-state index is -1.02. The number of carbonyl (C=O) groups is 1. The Morgan fingerprint density at radius 1 is 1.44 bits per heavy atom. The summed E-state index contributed by atoms with van der Waals surface area (Å²) in [5.74, 6) is -0.474. The molecule has 2 heterocycles. The largest absolute Gasteiger partial charge is 0.494 e. The monoisotopic (exact) mass is 372 g/mol. The van der Waals surface area contributed by atoms with Crippen LogP contribution in [-0.4, -0.2) is 52.2 Å². The van der Waals surface area contributed by atoms with Crippen LogP contribution in [0.2, 0.25) is 0 Å². The summed E-state index contributed by atoms with van der Waals surface area (Å²) in [5.41, 5.74) is 1.49. The Morgan fingerprint density at radius 2 is 2.30 bits per heavy atom. The SMILES string of the molecule is COc1cc(CN2CC[C@@H](Nc3cnc(C=CC(=O)O)cn3)C2)ccc1F. The van der Waals surface area contributed by atoms with E-state index >= 15 is 0 Å². The lowest BCUT2D eigenvalue weighted by molar-refractivity contribution is -0.131. The second-order valence-corrected chi connectivity index (χ2v) is 6.33. The van der Waals surface area contributed by atoms with E-state index < -0.39 is 5.97 Å². The number of nitrogens with zero attached hydrogens (tertiary/aromatic N) is 3. The van der Waals surface area contributed by atoms with Crippen molar-refractivity contribution >= 4 is 17.9 Å². The maximum absolute atomic E-state index is 13.5. The summed E-state index contributed by atoms with van der Waals surface area (Å²) >= 11 is 0. The highest BCUT2D eigenvalue weighted by atomic mass is 19.1. The minimum absolute atomic E-state index is 0.238. The highest BCUT2D eigenvalue weighted by molar-refractivity contribution is 5.84. The summed E-state index contributed by atoms with van der Waals surface area (Å²) in [4.78, 5) is 21.2. The Balaban J connectivity index is 1.53. The molecule has 0 aliphatic carbocycles. The molecule has 0 spiro atoms. The molecule has 1 saturated heterocycles. The minimum Gasteiger partial charge on any atom is -0.494 e. The number of anilines is 1. The van der Waals surface area contributed by atoms with E-state index in [1.54, 1.807) is 18.3 Å². The highest BCUT2D eigenvalue weighted by Crippen LogP contribution is 2.21. The normalized spacial score (nSPS) is 17.3. The van der Waals surface area contributed by atoms with Gasteiger partial charge in [-0.05, 0) is 30.2 Å². The van der Waals surface area contributed by atoms with Crippen molar-refractivity contribution in [1.82, 2.24) is 14.9 Å². The molecule has 2 N–H and O–H groups in total. The van der Waals surface area contributed by atoms with Gasteiger partial charge >= 0.3 is 5.97 Å². The number of nitrogens with one attached hydrogen (secondary N) is 1. The number of halogens is 1. The van der Waals surface area contributed by atoms with Crippen LogP contribution in [0.3, 0.4) is 0 Å². The molecule has 7 nitrogen and oxygen atoms in total. The first kappa shape index (κ1) is 18.8. The van der Waals surface area contributed by atoms with Gasteiger partial charge in [0, 0.05) is 31.8 Å². The van der Waals surface area contributed by atoms with Gasteiger partial charge in [0.15, 0.2) is 11.6 Å². The molecule has 0 radical (unpaired) electrons. The van der Waals surface area contributed by atoms with Crippen molar-refractivity contribution in [2.45, 2.75) is 19.0 Å². The summed E-state index contributed by atoms with van der Waals surface area (Å²) in [6.45, 7) is 2.48. The quantitative estimate of drug-likeness (QED) is 0.722. The summed E-state index contributed by atoms with van der Waals surface area (Å²) in [6, 6.07) is 5.16. The maximum Gasteiger partial charge on any atom is 0.328 e. The Kier molecular flexibility index (Phi) is 5.97. The lowest BCUT2D eigenvalue weighted by atomic mass is 10.2. The number of hydrogen-bond acceptors (Lipinski definition) is 6. The molecule has 0 bridgehead atoms. The van der Waals surface area contributed by atoms with E-state index in [1.807, 2.05) is 0 Å². The van der Waals surface area contributed by atoms with E-state index in [-0.39, 0.29) is 17.6 Å². The van der Waals surface area contributed by atoms with Gasteiger partial charge in [-0.1, -0.05) is 6.07 Å². The van der Waals surface area contributed by atoms with Crippen molar-refractivity contribution in [2.24, 2.45) is 0 Å². The molecule has 0 saturated carbocycles. The topological polar surface area (TPSA) is 87.6 Å². The van der Waals surface area contributed by atoms with Crippen LogP contribution in [0.25, 0.3) is 6.08 Å². The van der Waals surface area contributed by atoms with Gasteiger partial charge in [-0.15, -0.1) is 0 Å². The molecule has 3 rings (SSSR count). The fourth-order valence-corrected chi connectivity index (χ4v) is 3.02. The van der Waals surface area contributed by atoms with Gasteiger partial charge < -0.3 is 15.2 Å². The third-order valence-electron chi connectivity index (χ3n) is 4.31. The van der Waals surface area contributed by atoms with E-state index in [0.29, 0.717) is 11.5 Å². The van der Waals surface area contributed by atoms with Crippen LogP contribution in [0.5, 0.6) is 5.75 Å². The predicted molar refractivity (Wildman–Crippen MR) is 99.0 cm³/mol. The zero-order valence-corrected chi connectivity index (χ0v) is 14.9. The molecular weight excluding hydrogens is 351 g/mol. The fourth-order valence-electron chi connectivity index (χ4n) is 3.02. The number of aliphatic carboxylic acids is 1. The summed E-state index contributed by atoms with van der Waals surface area (Å²) in [6.07, 6.45) is 6.50. The van der Waals surface area contributed by atoms with Crippen molar-refractivity contribution in [3.05, 3.63) is 53.7 Å². The molecule has 1 aliphatic heterocycles. The third-order valence-corrected chi connectivity index (χ3v) is 4.31. The summed E-state index contributed by atoms with van der Waals surface area (Å²) in [5, 5.41) is 12.0. The van der Waals surface area contributed by atoms with Gasteiger partial charge in [0.2, 0.25) is 0 Å². The number of carboxylic acid groups (broad SMARTS) is 1. The van der Waals surface area contributed by atoms with E-state index in [1.165, 1.54) is 25.4 Å². The van der Waals surface area contributed by atoms with Crippen LogP contribution in [0.1, 0.15) is 17.7 Å². The van der Waals surface area contributed by atoms with Crippen molar-refractivity contribution in [3.8, 4) is 5.75 Å². The number of methoxy groups -OCH3 is 1. The van der Waals surface area contributed by atoms with Crippen LogP contribution in [0.4, 0.5) is 10.2 Å². The number of carboxylic acids is 1. The molecule has 1 atom stereocenters. The Hall–Kier alpha value is -3.00. The third kappa shape index (κ3) is 5.24. The van der Waals surface area contributed by atoms with Gasteiger partial charge in [0.05, 0.1) is 25.2 Å². The van der Waals surface area contributed by atoms with E-state index in [4.69, 9.17) is 9.84 Å². The molecule has 1 aromatic heterocycles. The molecule has 1 aromatic carbocycles. The van der Waals surface area contributed by atoms with E-state index in [9.17, 15) is 9.18 Å². The molecule has 8 heteroatoms. The number of benzene rings is 1. The van der Waals surface area contributed by atoms with Crippen molar-refractivity contribution in [2.75, 3.05) is 25.5 Å². The number of hydrogen-bond donors (Lipinski definition) is 2. The zero-order valence-electron chi connectivity index (χ0n) is 14.9. The smallest absolute Gasteiger partial charge is 0.328 e. The average molecular weight is 372 g/mol. The zero-order chi connectivity index (χ0) is 19.2. The number of aromatic nitrogens is 2. The number of ether oxygens (including phenoxy) is 1. The van der Waals surface area contributed by atoms with Crippen molar-refractivity contribution < 1.29 is 19.0 Å². The van der Waals surface area contributed by atoms with E-state index in [0.717, 1.165) is 37.7 Å². The lowest BCUT2D eigenvalue weighted by Gasteiger charge is -2.17. The van der Waals surface area contributed by atoms with Crippen molar-refractivity contribution in [1.29, 1.82) is 0 Å². The van der Waals surface area contributed by atoms with Gasteiger partial charge in [0.1, 0.15) is 5.82 Å². The van der Waals surface area contributed by atoms with Gasteiger partial charge in [-0.25, -0.2) is 14.2 Å². The Morgan fingerprint density at radius 3 is 3.00 bits per heavy atom. The Labute approximate surface area is 156 Å². The number of likely N-dealkylation sites (tertiary alicyclic amines) is 1. The van der Waals surface area contributed by atoms with Crippen LogP contribution in [0, 0.1) is 5.82 Å². The molecule has 27 heavy (non-hydrogen) atoms. The summed E-state index contributed by atoms with van der Waals surface area (Å²) in [7, 11) is 1.46. The van der Waals surface area contributed by atoms with Crippen molar-refractivity contribution in [3.63, 3.8) is 0 Å². The van der Waals surface area contributed by atoms with Crippen LogP contribution < -0.4 is 10.1 Å². The molecular formula is C19H21FN4O3. The molecule has 1 fully saturated rings. The predicted octanol–water partition coefficient (Wildman–Crippen LogP) is 2.41. The molecule has 0 unspecified atom stereocenters. The van der Waals surface area contributed by atoms with Crippen LogP contribution >= 0.6 is 0 Å². The fraction of sp³-hybridized carbons (Fsp3) is 0.316. The molecule has 0 amide bonds. The first-order valence-corrected chi connectivity index (χ1v) is 8.58. The number of rotatable bonds is 7. The first-order valence-electron chi connectivity index (χ1n) is 8.58. The molecule has 1 aliphatic rings.